The summed E-state index contributed by atoms with van der Waals surface area (Å²) in [5, 5.41) is 0. The molecule has 17 heavy (non-hydrogen) atoms. The average Bonchev–Trinajstić information content (AvgIpc) is 2.36. The highest BCUT2D eigenvalue weighted by Crippen LogP contribution is 2.17. The molecule has 0 unspecified atom stereocenters. The van der Waals surface area contributed by atoms with Gasteiger partial charge in [-0.25, -0.2) is 9.97 Å². The van der Waals surface area contributed by atoms with Crippen molar-refractivity contribution in [2.45, 2.75) is 0 Å². The van der Waals surface area contributed by atoms with E-state index < -0.39 is 0 Å². The number of benzene rings is 1. The van der Waals surface area contributed by atoms with Gasteiger partial charge in [-0.2, -0.15) is 0 Å². The minimum absolute atomic E-state index is 0.0424. The number of nitrogens with zero attached hydrogens (tertiary/aromatic N) is 3. The van der Waals surface area contributed by atoms with Crippen LogP contribution in [0.4, 0.5) is 0 Å². The molecule has 0 radical (unpaired) electrons. The van der Waals surface area contributed by atoms with E-state index >= 15 is 0 Å². The van der Waals surface area contributed by atoms with E-state index in [9.17, 15) is 4.79 Å². The van der Waals surface area contributed by atoms with Crippen LogP contribution in [-0.2, 0) is 4.79 Å². The highest BCUT2D eigenvalue weighted by molar-refractivity contribution is 6.49. The molecule has 0 spiro atoms. The Kier molecular flexibility index (Phi) is 1.93. The maximum atomic E-state index is 11.5. The van der Waals surface area contributed by atoms with E-state index in [1.165, 1.54) is 6.08 Å². The Morgan fingerprint density at radius 1 is 1.06 bits per heavy atom. The van der Waals surface area contributed by atoms with E-state index in [0.29, 0.717) is 16.9 Å². The smallest absolute Gasteiger partial charge is 0.281 e. The lowest BCUT2D eigenvalue weighted by Gasteiger charge is -2.04. The van der Waals surface area contributed by atoms with Crippen LogP contribution in [0.25, 0.3) is 17.1 Å². The van der Waals surface area contributed by atoms with Crippen molar-refractivity contribution >= 4 is 28.6 Å². The van der Waals surface area contributed by atoms with Crippen molar-refractivity contribution in [1.29, 1.82) is 5.53 Å². The van der Waals surface area contributed by atoms with Gasteiger partial charge in [0.15, 0.2) is 5.69 Å². The van der Waals surface area contributed by atoms with E-state index in [4.69, 9.17) is 5.53 Å². The molecule has 0 amide bonds. The number of para-hydroxylation sites is 2. The second kappa shape index (κ2) is 3.43. The highest BCUT2D eigenvalue weighted by atomic mass is 16.1. The summed E-state index contributed by atoms with van der Waals surface area (Å²) in [4.78, 5) is 23.5. The molecule has 0 saturated heterocycles. The van der Waals surface area contributed by atoms with Crippen molar-refractivity contribution in [1.82, 2.24) is 9.97 Å². The van der Waals surface area contributed by atoms with E-state index in [1.807, 2.05) is 24.3 Å². The molecular formula is C12H7N4O+. The maximum Gasteiger partial charge on any atom is 0.438 e. The monoisotopic (exact) mass is 223 g/mol. The number of carbonyl (C=O) groups is 1. The Bertz CT molecular complexity index is 726. The number of hydrogen-bond donors (Lipinski definition) is 1. The van der Waals surface area contributed by atoms with E-state index in [1.54, 1.807) is 6.08 Å². The largest absolute Gasteiger partial charge is 0.438 e. The normalized spacial score (nSPS) is 13.6. The third-order valence-electron chi connectivity index (χ3n) is 2.56. The van der Waals surface area contributed by atoms with Gasteiger partial charge in [0.05, 0.1) is 27.0 Å². The van der Waals surface area contributed by atoms with Crippen molar-refractivity contribution in [3.05, 3.63) is 41.7 Å². The Hall–Kier alpha value is -2.65. The quantitative estimate of drug-likeness (QED) is 0.539. The van der Waals surface area contributed by atoms with Gasteiger partial charge < -0.3 is 0 Å². The number of fused-ring (bicyclic) bond motifs is 2. The van der Waals surface area contributed by atoms with Crippen molar-refractivity contribution < 1.29 is 9.58 Å². The summed E-state index contributed by atoms with van der Waals surface area (Å²) in [6.45, 7) is 0. The van der Waals surface area contributed by atoms with Crippen molar-refractivity contribution in [2.75, 3.05) is 0 Å². The van der Waals surface area contributed by atoms with Gasteiger partial charge >= 0.3 is 5.71 Å². The first-order valence-corrected chi connectivity index (χ1v) is 5.03. The summed E-state index contributed by atoms with van der Waals surface area (Å²) in [7, 11) is 0. The maximum absolute atomic E-state index is 11.5. The Morgan fingerprint density at radius 2 is 1.76 bits per heavy atom. The Balaban J connectivity index is 2.40. The van der Waals surface area contributed by atoms with Gasteiger partial charge in [-0.05, 0) is 24.3 Å². The zero-order chi connectivity index (χ0) is 11.8. The first kappa shape index (κ1) is 9.57. The number of rotatable bonds is 0. The molecule has 0 saturated carbocycles. The molecule has 1 aliphatic carbocycles. The number of carbonyl (C=O) groups excluding carboxylic acids is 1. The standard InChI is InChI=1S/C12H7N4O/c13-16-12-10(17)6-5-9-11(12)15-8-4-2-1-3-7(8)14-9/h1-6,13H/q+1. The Morgan fingerprint density at radius 3 is 2.47 bits per heavy atom. The van der Waals surface area contributed by atoms with Gasteiger partial charge in [-0.3, -0.25) is 4.79 Å². The molecule has 3 rings (SSSR count). The third kappa shape index (κ3) is 1.38. The van der Waals surface area contributed by atoms with Crippen molar-refractivity contribution in [2.24, 2.45) is 0 Å². The summed E-state index contributed by atoms with van der Waals surface area (Å²) in [6.07, 6.45) is 2.96. The molecule has 0 bridgehead atoms. The van der Waals surface area contributed by atoms with Crippen LogP contribution in [-0.4, -0.2) is 26.3 Å². The summed E-state index contributed by atoms with van der Waals surface area (Å²) in [5.41, 5.74) is 9.48. The number of hydrogen-bond acceptors (Lipinski definition) is 4. The van der Waals surface area contributed by atoms with Crippen molar-refractivity contribution in [3.63, 3.8) is 0 Å². The van der Waals surface area contributed by atoms with Gasteiger partial charge in [0, 0.05) is 0 Å². The zero-order valence-electron chi connectivity index (χ0n) is 8.71. The fraction of sp³-hybridized carbons (Fsp3) is 0. The summed E-state index contributed by atoms with van der Waals surface area (Å²) in [6, 6.07) is 7.39. The predicted molar refractivity (Wildman–Crippen MR) is 60.7 cm³/mol. The fourth-order valence-corrected chi connectivity index (χ4v) is 1.76. The molecule has 1 aromatic heterocycles. The summed E-state index contributed by atoms with van der Waals surface area (Å²) in [5.74, 6) is -0.308. The van der Waals surface area contributed by atoms with Crippen LogP contribution < -0.4 is 0 Å². The van der Waals surface area contributed by atoms with Gasteiger partial charge in [0.2, 0.25) is 0 Å². The van der Waals surface area contributed by atoms with Gasteiger partial charge in [0.25, 0.3) is 5.78 Å². The summed E-state index contributed by atoms with van der Waals surface area (Å²) >= 11 is 0. The zero-order valence-corrected chi connectivity index (χ0v) is 8.71. The first-order chi connectivity index (χ1) is 8.29. The number of nitrogens with one attached hydrogen (secondary N) is 1. The Labute approximate surface area is 96.1 Å². The van der Waals surface area contributed by atoms with Gasteiger partial charge in [-0.1, -0.05) is 12.1 Å². The molecule has 0 atom stereocenters. The molecule has 5 heteroatoms. The number of allylic oxidation sites excluding steroid dienone is 1. The van der Waals surface area contributed by atoms with E-state index in [-0.39, 0.29) is 11.5 Å². The second-order valence-electron chi connectivity index (χ2n) is 3.60. The minimum atomic E-state index is -0.308. The highest BCUT2D eigenvalue weighted by Gasteiger charge is 2.31. The SMILES string of the molecule is N=[N+]=C1C(=O)C=Cc2nc3ccccc3nc21. The second-order valence-corrected chi connectivity index (χ2v) is 3.60. The molecular weight excluding hydrogens is 216 g/mol. The average molecular weight is 223 g/mol. The van der Waals surface area contributed by atoms with Gasteiger partial charge in [0.1, 0.15) is 0 Å². The molecule has 1 N–H and O–H groups in total. The van der Waals surface area contributed by atoms with Crippen LogP contribution in [0.3, 0.4) is 0 Å². The van der Waals surface area contributed by atoms with E-state index in [2.05, 4.69) is 14.8 Å². The topological polar surface area (TPSA) is 80.8 Å². The summed E-state index contributed by atoms with van der Waals surface area (Å²) < 4.78 is 0. The molecule has 2 aromatic rings. The number of aromatic nitrogens is 2. The first-order valence-electron chi connectivity index (χ1n) is 5.03. The fourth-order valence-electron chi connectivity index (χ4n) is 1.76. The molecule has 80 valence electrons. The molecule has 0 fully saturated rings. The van der Waals surface area contributed by atoms with Gasteiger partial charge in [-0.15, -0.1) is 0 Å². The third-order valence-corrected chi connectivity index (χ3v) is 2.56. The molecule has 5 nitrogen and oxygen atoms in total. The molecule has 1 heterocycles. The molecule has 0 aliphatic heterocycles. The number of ketones is 1. The molecule has 1 aliphatic rings. The minimum Gasteiger partial charge on any atom is -0.281 e. The lowest BCUT2D eigenvalue weighted by atomic mass is 10.0. The van der Waals surface area contributed by atoms with Crippen LogP contribution in [0.2, 0.25) is 0 Å². The van der Waals surface area contributed by atoms with Crippen LogP contribution in [0.15, 0.2) is 30.3 Å². The van der Waals surface area contributed by atoms with Crippen LogP contribution in [0.5, 0.6) is 0 Å². The van der Waals surface area contributed by atoms with Crippen LogP contribution >= 0.6 is 0 Å². The lowest BCUT2D eigenvalue weighted by molar-refractivity contribution is -0.133. The van der Waals surface area contributed by atoms with E-state index in [0.717, 1.165) is 5.52 Å². The van der Waals surface area contributed by atoms with Crippen molar-refractivity contribution in [3.8, 4) is 0 Å². The molecule has 1 aromatic carbocycles. The van der Waals surface area contributed by atoms with Crippen LogP contribution in [0.1, 0.15) is 11.4 Å². The predicted octanol–water partition coefficient (Wildman–Crippen LogP) is 1.25. The lowest BCUT2D eigenvalue weighted by Crippen LogP contribution is -2.21. The van der Waals surface area contributed by atoms with Crippen LogP contribution in [0, 0.1) is 5.53 Å².